The van der Waals surface area contributed by atoms with Gasteiger partial charge < -0.3 is 15.7 Å². The molecule has 0 radical (unpaired) electrons. The Morgan fingerprint density at radius 1 is 1.24 bits per heavy atom. The van der Waals surface area contributed by atoms with Crippen LogP contribution >= 0.6 is 0 Å². The molecule has 7 nitrogen and oxygen atoms in total. The van der Waals surface area contributed by atoms with Gasteiger partial charge in [-0.2, -0.15) is 0 Å². The minimum absolute atomic E-state index is 0.0815. The molecule has 2 amide bonds. The highest BCUT2D eigenvalue weighted by atomic mass is 16.4. The van der Waals surface area contributed by atoms with Crippen LogP contribution in [0.1, 0.15) is 56.3 Å². The smallest absolute Gasteiger partial charge is 0.350 e. The van der Waals surface area contributed by atoms with Gasteiger partial charge in [-0.1, -0.05) is 32.8 Å². The Labute approximate surface area is 147 Å². The number of carbonyl (C=O) groups excluding carboxylic acids is 2. The summed E-state index contributed by atoms with van der Waals surface area (Å²) >= 11 is 0. The van der Waals surface area contributed by atoms with E-state index in [1.165, 1.54) is 24.5 Å². The lowest BCUT2D eigenvalue weighted by Gasteiger charge is -2.31. The molecule has 0 fully saturated rings. The molecule has 1 aromatic heterocycles. The predicted molar refractivity (Wildman–Crippen MR) is 93.8 cm³/mol. The Morgan fingerprint density at radius 2 is 2.00 bits per heavy atom. The van der Waals surface area contributed by atoms with Gasteiger partial charge in [0.05, 0.1) is 5.56 Å². The van der Waals surface area contributed by atoms with Gasteiger partial charge in [0.1, 0.15) is 0 Å². The number of carbonyl (C=O) groups is 3. The lowest BCUT2D eigenvalue weighted by atomic mass is 10.0. The van der Waals surface area contributed by atoms with Gasteiger partial charge in [0.2, 0.25) is 11.6 Å². The topological polar surface area (TPSA) is 108 Å². The van der Waals surface area contributed by atoms with Crippen LogP contribution < -0.4 is 10.6 Å². The second-order valence-corrected chi connectivity index (χ2v) is 5.69. The van der Waals surface area contributed by atoms with Gasteiger partial charge >= 0.3 is 5.97 Å². The number of nitrogens with zero attached hydrogens (tertiary/aromatic N) is 1. The average Bonchev–Trinajstić information content (AvgIpc) is 2.60. The third-order valence-corrected chi connectivity index (χ3v) is 3.58. The Balaban J connectivity index is 3.02. The van der Waals surface area contributed by atoms with Gasteiger partial charge in [-0.15, -0.1) is 0 Å². The molecule has 1 atom stereocenters. The first-order chi connectivity index (χ1) is 11.9. The summed E-state index contributed by atoms with van der Waals surface area (Å²) < 4.78 is 0. The summed E-state index contributed by atoms with van der Waals surface area (Å²) in [6.07, 6.45) is 8.74. The molecule has 0 aromatic carbocycles. The number of nitrogens with one attached hydrogen (secondary N) is 2. The molecule has 0 aliphatic carbocycles. The molecular formula is C18H25N3O4. The van der Waals surface area contributed by atoms with E-state index in [0.29, 0.717) is 12.8 Å². The monoisotopic (exact) mass is 347 g/mol. The molecule has 3 N–H and O–H groups in total. The Morgan fingerprint density at radius 3 is 2.56 bits per heavy atom. The Hall–Kier alpha value is -2.70. The number of amides is 2. The summed E-state index contributed by atoms with van der Waals surface area (Å²) in [5.74, 6) is -2.47. The second-order valence-electron chi connectivity index (χ2n) is 5.69. The van der Waals surface area contributed by atoms with Crippen LogP contribution in [0.4, 0.5) is 0 Å². The van der Waals surface area contributed by atoms with E-state index in [4.69, 9.17) is 0 Å². The largest absolute Gasteiger partial charge is 0.478 e. The fourth-order valence-corrected chi connectivity index (χ4v) is 2.18. The van der Waals surface area contributed by atoms with Crippen molar-refractivity contribution >= 4 is 17.8 Å². The molecule has 1 rings (SSSR count). The molecule has 0 saturated heterocycles. The molecule has 1 aromatic rings. The van der Waals surface area contributed by atoms with E-state index in [9.17, 15) is 19.5 Å². The maximum Gasteiger partial charge on any atom is 0.350 e. The van der Waals surface area contributed by atoms with E-state index < -0.39 is 23.4 Å². The molecule has 0 bridgehead atoms. The molecule has 0 aliphatic heterocycles. The third kappa shape index (κ3) is 6.37. The quantitative estimate of drug-likeness (QED) is 0.444. The maximum atomic E-state index is 12.4. The third-order valence-electron chi connectivity index (χ3n) is 3.58. The van der Waals surface area contributed by atoms with Crippen molar-refractivity contribution in [1.29, 1.82) is 0 Å². The molecule has 0 aliphatic rings. The molecule has 1 heterocycles. The summed E-state index contributed by atoms with van der Waals surface area (Å²) in [4.78, 5) is 40.2. The SMILES string of the molecule is CCCC=CC(=O)NC(CCCC)(NC(=O)c1cccnc1)C(=O)O. The number of hydrogen-bond donors (Lipinski definition) is 3. The van der Waals surface area contributed by atoms with Crippen molar-refractivity contribution in [3.8, 4) is 0 Å². The zero-order valence-corrected chi connectivity index (χ0v) is 14.6. The summed E-state index contributed by atoms with van der Waals surface area (Å²) in [6.45, 7) is 3.87. The van der Waals surface area contributed by atoms with Crippen molar-refractivity contribution in [3.63, 3.8) is 0 Å². The number of carboxylic acid groups (broad SMARTS) is 1. The number of aromatic nitrogens is 1. The number of unbranched alkanes of at least 4 members (excludes halogenated alkanes) is 2. The van der Waals surface area contributed by atoms with Gasteiger partial charge in [0, 0.05) is 18.8 Å². The maximum absolute atomic E-state index is 12.4. The highest BCUT2D eigenvalue weighted by Gasteiger charge is 2.41. The van der Waals surface area contributed by atoms with Crippen molar-refractivity contribution in [1.82, 2.24) is 15.6 Å². The highest BCUT2D eigenvalue weighted by Crippen LogP contribution is 2.14. The molecule has 136 valence electrons. The fourth-order valence-electron chi connectivity index (χ4n) is 2.18. The lowest BCUT2D eigenvalue weighted by molar-refractivity contribution is -0.148. The van der Waals surface area contributed by atoms with E-state index >= 15 is 0 Å². The van der Waals surface area contributed by atoms with Gasteiger partial charge in [-0.05, 0) is 31.1 Å². The second kappa shape index (κ2) is 10.2. The number of hydrogen-bond acceptors (Lipinski definition) is 4. The minimum Gasteiger partial charge on any atom is -0.478 e. The van der Waals surface area contributed by atoms with Crippen molar-refractivity contribution in [2.75, 3.05) is 0 Å². The highest BCUT2D eigenvalue weighted by molar-refractivity contribution is 5.99. The van der Waals surface area contributed by atoms with Crippen molar-refractivity contribution < 1.29 is 19.5 Å². The van der Waals surface area contributed by atoms with E-state index in [0.717, 1.165) is 12.8 Å². The van der Waals surface area contributed by atoms with Crippen LogP contribution in [0.5, 0.6) is 0 Å². The number of aliphatic carboxylic acids is 1. The number of pyridine rings is 1. The van der Waals surface area contributed by atoms with Gasteiger partial charge in [0.25, 0.3) is 5.91 Å². The van der Waals surface area contributed by atoms with E-state index in [1.807, 2.05) is 13.8 Å². The van der Waals surface area contributed by atoms with Crippen LogP contribution in [0.2, 0.25) is 0 Å². The number of allylic oxidation sites excluding steroid dienone is 1. The predicted octanol–water partition coefficient (Wildman–Crippen LogP) is 2.25. The fraction of sp³-hybridized carbons (Fsp3) is 0.444. The van der Waals surface area contributed by atoms with E-state index in [2.05, 4.69) is 15.6 Å². The molecule has 0 spiro atoms. The van der Waals surface area contributed by atoms with Crippen LogP contribution in [0.3, 0.4) is 0 Å². The molecular weight excluding hydrogens is 322 g/mol. The van der Waals surface area contributed by atoms with Crippen molar-refractivity contribution in [2.45, 2.75) is 51.6 Å². The van der Waals surface area contributed by atoms with E-state index in [1.54, 1.807) is 12.1 Å². The summed E-state index contributed by atoms with van der Waals surface area (Å²) in [5.41, 5.74) is -1.64. The van der Waals surface area contributed by atoms with Crippen LogP contribution in [0, 0.1) is 0 Å². The van der Waals surface area contributed by atoms with Gasteiger partial charge in [0.15, 0.2) is 0 Å². The lowest BCUT2D eigenvalue weighted by Crippen LogP contribution is -2.65. The van der Waals surface area contributed by atoms with Gasteiger partial charge in [-0.25, -0.2) is 4.79 Å². The standard InChI is InChI=1S/C18H25N3O4/c1-3-5-7-10-15(22)20-18(17(24)25,11-6-4-2)21-16(23)14-9-8-12-19-13-14/h7-10,12-13H,3-6,11H2,1-2H3,(H,20,22)(H,21,23)(H,24,25). The average molecular weight is 347 g/mol. The summed E-state index contributed by atoms with van der Waals surface area (Å²) in [5, 5.41) is 14.6. The Kier molecular flexibility index (Phi) is 8.32. The van der Waals surface area contributed by atoms with Crippen molar-refractivity contribution in [2.24, 2.45) is 0 Å². The van der Waals surface area contributed by atoms with Crippen LogP contribution in [0.15, 0.2) is 36.7 Å². The Bertz CT molecular complexity index is 616. The molecule has 25 heavy (non-hydrogen) atoms. The zero-order chi connectivity index (χ0) is 18.7. The van der Waals surface area contributed by atoms with Crippen molar-refractivity contribution in [3.05, 3.63) is 42.2 Å². The molecule has 1 unspecified atom stereocenters. The van der Waals surface area contributed by atoms with Crippen LogP contribution in [-0.4, -0.2) is 33.5 Å². The van der Waals surface area contributed by atoms with Crippen LogP contribution in [0.25, 0.3) is 0 Å². The normalized spacial score (nSPS) is 13.2. The number of rotatable bonds is 10. The first kappa shape index (κ1) is 20.3. The minimum atomic E-state index is -1.86. The summed E-state index contributed by atoms with van der Waals surface area (Å²) in [6, 6.07) is 3.10. The van der Waals surface area contributed by atoms with Crippen LogP contribution in [-0.2, 0) is 9.59 Å². The summed E-state index contributed by atoms with van der Waals surface area (Å²) in [7, 11) is 0. The first-order valence-electron chi connectivity index (χ1n) is 8.39. The number of carboxylic acids is 1. The van der Waals surface area contributed by atoms with Gasteiger partial charge in [-0.3, -0.25) is 14.6 Å². The molecule has 7 heteroatoms. The zero-order valence-electron chi connectivity index (χ0n) is 14.6. The molecule has 0 saturated carbocycles. The first-order valence-corrected chi connectivity index (χ1v) is 8.39. The van der Waals surface area contributed by atoms with E-state index in [-0.39, 0.29) is 12.0 Å².